The average molecular weight is 282 g/mol. The standard InChI is InChI=1S/C13H22N4OS/c1-8-7-17(6-5-9(8)14)12(18)10-11(13(2,3)4)15-16-19-10/h8-9H,5-7,14H2,1-4H3. The molecule has 1 amide bonds. The predicted molar refractivity (Wildman–Crippen MR) is 76.3 cm³/mol. The lowest BCUT2D eigenvalue weighted by atomic mass is 9.90. The Morgan fingerprint density at radius 3 is 2.74 bits per heavy atom. The Kier molecular flexibility index (Phi) is 3.92. The summed E-state index contributed by atoms with van der Waals surface area (Å²) in [6, 6.07) is 0.200. The van der Waals surface area contributed by atoms with Crippen molar-refractivity contribution in [2.45, 2.75) is 45.6 Å². The Hall–Kier alpha value is -1.01. The van der Waals surface area contributed by atoms with Gasteiger partial charge >= 0.3 is 0 Å². The first-order chi connectivity index (χ1) is 8.80. The van der Waals surface area contributed by atoms with Crippen LogP contribution in [0.25, 0.3) is 0 Å². The fraction of sp³-hybridized carbons (Fsp3) is 0.769. The summed E-state index contributed by atoms with van der Waals surface area (Å²) >= 11 is 1.20. The van der Waals surface area contributed by atoms with Gasteiger partial charge in [-0.05, 0) is 23.9 Å². The maximum absolute atomic E-state index is 12.6. The third kappa shape index (κ3) is 2.95. The van der Waals surface area contributed by atoms with Gasteiger partial charge in [0.05, 0.1) is 5.69 Å². The fourth-order valence-corrected chi connectivity index (χ4v) is 3.16. The number of piperidine rings is 1. The fourth-order valence-electron chi connectivity index (χ4n) is 2.31. The van der Waals surface area contributed by atoms with Gasteiger partial charge in [-0.15, -0.1) is 5.10 Å². The average Bonchev–Trinajstić information content (AvgIpc) is 2.80. The second-order valence-corrected chi connectivity index (χ2v) is 7.14. The van der Waals surface area contributed by atoms with Crippen LogP contribution in [0.1, 0.15) is 49.5 Å². The monoisotopic (exact) mass is 282 g/mol. The van der Waals surface area contributed by atoms with Crippen LogP contribution >= 0.6 is 11.5 Å². The number of nitrogens with zero attached hydrogens (tertiary/aromatic N) is 3. The van der Waals surface area contributed by atoms with E-state index in [0.29, 0.717) is 10.8 Å². The van der Waals surface area contributed by atoms with Crippen molar-refractivity contribution in [2.24, 2.45) is 11.7 Å². The summed E-state index contributed by atoms with van der Waals surface area (Å²) in [6.07, 6.45) is 0.865. The number of hydrogen-bond donors (Lipinski definition) is 1. The van der Waals surface area contributed by atoms with Crippen LogP contribution in [-0.2, 0) is 5.41 Å². The van der Waals surface area contributed by atoms with E-state index in [1.807, 2.05) is 4.90 Å². The Bertz CT molecular complexity index is 465. The minimum Gasteiger partial charge on any atom is -0.337 e. The zero-order chi connectivity index (χ0) is 14.2. The number of amides is 1. The van der Waals surface area contributed by atoms with Gasteiger partial charge in [0.25, 0.3) is 5.91 Å². The molecule has 19 heavy (non-hydrogen) atoms. The largest absolute Gasteiger partial charge is 0.337 e. The second kappa shape index (κ2) is 5.17. The molecule has 1 aliphatic heterocycles. The number of aromatic nitrogens is 2. The van der Waals surface area contributed by atoms with E-state index in [9.17, 15) is 4.79 Å². The quantitative estimate of drug-likeness (QED) is 0.850. The molecule has 1 aliphatic rings. The van der Waals surface area contributed by atoms with Gasteiger partial charge in [-0.2, -0.15) is 0 Å². The molecule has 2 unspecified atom stereocenters. The molecule has 5 nitrogen and oxygen atoms in total. The van der Waals surface area contributed by atoms with Crippen LogP contribution in [0.15, 0.2) is 0 Å². The lowest BCUT2D eigenvalue weighted by molar-refractivity contribution is 0.0666. The summed E-state index contributed by atoms with van der Waals surface area (Å²) in [5.74, 6) is 0.398. The maximum Gasteiger partial charge on any atom is 0.267 e. The smallest absolute Gasteiger partial charge is 0.267 e. The highest BCUT2D eigenvalue weighted by molar-refractivity contribution is 7.08. The van der Waals surface area contributed by atoms with Crippen molar-refractivity contribution in [3.05, 3.63) is 10.6 Å². The molecule has 1 aromatic rings. The SMILES string of the molecule is CC1CN(C(=O)c2snnc2C(C)(C)C)CCC1N. The van der Waals surface area contributed by atoms with E-state index >= 15 is 0 Å². The zero-order valence-corrected chi connectivity index (χ0v) is 12.8. The first kappa shape index (κ1) is 14.4. The summed E-state index contributed by atoms with van der Waals surface area (Å²) in [4.78, 5) is 15.2. The van der Waals surface area contributed by atoms with Crippen molar-refractivity contribution in [3.63, 3.8) is 0 Å². The minimum atomic E-state index is -0.157. The van der Waals surface area contributed by atoms with E-state index in [1.165, 1.54) is 11.5 Å². The number of carbonyl (C=O) groups excluding carboxylic acids is 1. The highest BCUT2D eigenvalue weighted by Crippen LogP contribution is 2.28. The molecular weight excluding hydrogens is 260 g/mol. The Balaban J connectivity index is 2.19. The molecule has 0 aromatic carbocycles. The van der Waals surface area contributed by atoms with Crippen LogP contribution in [0.4, 0.5) is 0 Å². The molecule has 2 atom stereocenters. The zero-order valence-electron chi connectivity index (χ0n) is 12.0. The third-order valence-electron chi connectivity index (χ3n) is 3.65. The van der Waals surface area contributed by atoms with Crippen molar-refractivity contribution in [3.8, 4) is 0 Å². The van der Waals surface area contributed by atoms with Crippen molar-refractivity contribution < 1.29 is 4.79 Å². The van der Waals surface area contributed by atoms with E-state index in [2.05, 4.69) is 37.3 Å². The summed E-state index contributed by atoms with van der Waals surface area (Å²) in [5.41, 5.74) is 6.64. The lowest BCUT2D eigenvalue weighted by Gasteiger charge is -2.35. The number of carbonyl (C=O) groups is 1. The van der Waals surface area contributed by atoms with Gasteiger partial charge in [0, 0.05) is 24.5 Å². The Labute approximate surface area is 118 Å². The van der Waals surface area contributed by atoms with E-state index in [-0.39, 0.29) is 17.4 Å². The minimum absolute atomic E-state index is 0.0543. The first-order valence-corrected chi connectivity index (χ1v) is 7.45. The van der Waals surface area contributed by atoms with Crippen molar-refractivity contribution in [2.75, 3.05) is 13.1 Å². The van der Waals surface area contributed by atoms with Crippen LogP contribution in [0.3, 0.4) is 0 Å². The van der Waals surface area contributed by atoms with Crippen LogP contribution in [-0.4, -0.2) is 39.5 Å². The van der Waals surface area contributed by atoms with Gasteiger partial charge in [0.2, 0.25) is 0 Å². The molecule has 2 N–H and O–H groups in total. The van der Waals surface area contributed by atoms with Gasteiger partial charge in [0.1, 0.15) is 4.88 Å². The van der Waals surface area contributed by atoms with E-state index < -0.39 is 0 Å². The molecule has 2 heterocycles. The van der Waals surface area contributed by atoms with Crippen molar-refractivity contribution in [1.82, 2.24) is 14.5 Å². The summed E-state index contributed by atoms with van der Waals surface area (Å²) in [5, 5.41) is 4.13. The lowest BCUT2D eigenvalue weighted by Crippen LogP contribution is -2.48. The highest BCUT2D eigenvalue weighted by atomic mass is 32.1. The molecule has 1 fully saturated rings. The summed E-state index contributed by atoms with van der Waals surface area (Å²) < 4.78 is 3.96. The van der Waals surface area contributed by atoms with Gasteiger partial charge in [-0.25, -0.2) is 0 Å². The van der Waals surface area contributed by atoms with Crippen LogP contribution in [0, 0.1) is 5.92 Å². The van der Waals surface area contributed by atoms with Crippen LogP contribution in [0.2, 0.25) is 0 Å². The molecule has 0 aliphatic carbocycles. The molecular formula is C13H22N4OS. The summed E-state index contributed by atoms with van der Waals surface area (Å²) in [7, 11) is 0. The number of nitrogens with two attached hydrogens (primary N) is 1. The molecule has 0 radical (unpaired) electrons. The molecule has 1 saturated heterocycles. The predicted octanol–water partition coefficient (Wildman–Crippen LogP) is 1.64. The van der Waals surface area contributed by atoms with E-state index in [0.717, 1.165) is 25.2 Å². The Morgan fingerprint density at radius 1 is 1.47 bits per heavy atom. The third-order valence-corrected chi connectivity index (χ3v) is 4.37. The van der Waals surface area contributed by atoms with Gasteiger partial charge in [-0.3, -0.25) is 4.79 Å². The van der Waals surface area contributed by atoms with Gasteiger partial charge in [0.15, 0.2) is 0 Å². The van der Waals surface area contributed by atoms with E-state index in [1.54, 1.807) is 0 Å². The number of rotatable bonds is 1. The van der Waals surface area contributed by atoms with Gasteiger partial charge < -0.3 is 10.6 Å². The van der Waals surface area contributed by atoms with E-state index in [4.69, 9.17) is 5.73 Å². The second-order valence-electron chi connectivity index (χ2n) is 6.38. The normalized spacial score (nSPS) is 24.6. The molecule has 106 valence electrons. The maximum atomic E-state index is 12.6. The summed E-state index contributed by atoms with van der Waals surface area (Å²) in [6.45, 7) is 9.70. The van der Waals surface area contributed by atoms with Crippen LogP contribution in [0.5, 0.6) is 0 Å². The first-order valence-electron chi connectivity index (χ1n) is 6.68. The van der Waals surface area contributed by atoms with Gasteiger partial charge in [-0.1, -0.05) is 32.2 Å². The Morgan fingerprint density at radius 2 is 2.16 bits per heavy atom. The molecule has 0 saturated carbocycles. The van der Waals surface area contributed by atoms with Crippen LogP contribution < -0.4 is 5.73 Å². The number of likely N-dealkylation sites (tertiary alicyclic amines) is 1. The number of hydrogen-bond acceptors (Lipinski definition) is 5. The van der Waals surface area contributed by atoms with Crippen molar-refractivity contribution in [1.29, 1.82) is 0 Å². The molecule has 2 rings (SSSR count). The molecule has 0 bridgehead atoms. The molecule has 1 aromatic heterocycles. The molecule has 0 spiro atoms. The van der Waals surface area contributed by atoms with Crippen molar-refractivity contribution >= 4 is 17.4 Å². The topological polar surface area (TPSA) is 72.1 Å². The molecule has 6 heteroatoms. The highest BCUT2D eigenvalue weighted by Gasteiger charge is 2.32.